The largest absolute Gasteiger partial charge is 0.253 e. The van der Waals surface area contributed by atoms with Crippen LogP contribution in [0.25, 0.3) is 21.7 Å². The van der Waals surface area contributed by atoms with Crippen molar-refractivity contribution in [3.63, 3.8) is 0 Å². The zero-order valence-electron chi connectivity index (χ0n) is 9.32. The van der Waals surface area contributed by atoms with Crippen molar-refractivity contribution < 1.29 is 0 Å². The van der Waals surface area contributed by atoms with E-state index in [-0.39, 0.29) is 0 Å². The lowest BCUT2D eigenvalue weighted by molar-refractivity contribution is 1.18. The smallest absolute Gasteiger partial charge is 0.180 e. The topological polar surface area (TPSA) is 38.7 Å². The number of hydrogen-bond donors (Lipinski definition) is 0. The van der Waals surface area contributed by atoms with Crippen LogP contribution in [-0.2, 0) is 0 Å². The van der Waals surface area contributed by atoms with Gasteiger partial charge in [0.25, 0.3) is 0 Å². The highest BCUT2D eigenvalue weighted by Crippen LogP contribution is 2.37. The van der Waals surface area contributed by atoms with Crippen LogP contribution in [0, 0.1) is 6.92 Å². The third-order valence-corrected chi connectivity index (χ3v) is 4.36. The molecule has 0 amide bonds. The van der Waals surface area contributed by atoms with Gasteiger partial charge in [-0.2, -0.15) is 0 Å². The van der Waals surface area contributed by atoms with Crippen LogP contribution in [0.2, 0.25) is 10.2 Å². The monoisotopic (exact) mass is 295 g/mol. The van der Waals surface area contributed by atoms with Gasteiger partial charge >= 0.3 is 0 Å². The number of fused-ring (bicyclic) bond motifs is 1. The molecule has 0 saturated carbocycles. The molecule has 0 radical (unpaired) electrons. The van der Waals surface area contributed by atoms with Crippen molar-refractivity contribution >= 4 is 44.8 Å². The minimum Gasteiger partial charge on any atom is -0.253 e. The predicted octanol–water partition coefficient (Wildman–Crippen LogP) is 4.37. The molecule has 0 aliphatic heterocycles. The van der Waals surface area contributed by atoms with E-state index in [4.69, 9.17) is 23.2 Å². The molecule has 0 N–H and O–H groups in total. The maximum atomic E-state index is 6.18. The summed E-state index contributed by atoms with van der Waals surface area (Å²) in [5.74, 6) is 0.519. The standard InChI is InChI=1S/C12H7Cl2N3S/c1-6-9(13)8-10(14)16-11(17-12(8)18-6)7-4-2-3-5-15-7/h2-5H,1H3. The Morgan fingerprint density at radius 2 is 2.00 bits per heavy atom. The van der Waals surface area contributed by atoms with Crippen molar-refractivity contribution in [2.75, 3.05) is 0 Å². The van der Waals surface area contributed by atoms with Crippen LogP contribution in [-0.4, -0.2) is 15.0 Å². The lowest BCUT2D eigenvalue weighted by Crippen LogP contribution is -1.91. The number of rotatable bonds is 1. The number of aromatic nitrogens is 3. The third-order valence-electron chi connectivity index (χ3n) is 2.50. The highest BCUT2D eigenvalue weighted by atomic mass is 35.5. The van der Waals surface area contributed by atoms with Crippen molar-refractivity contribution in [1.82, 2.24) is 15.0 Å². The van der Waals surface area contributed by atoms with Gasteiger partial charge in [-0.25, -0.2) is 9.97 Å². The lowest BCUT2D eigenvalue weighted by atomic mass is 10.3. The van der Waals surface area contributed by atoms with E-state index in [0.29, 0.717) is 21.7 Å². The summed E-state index contributed by atoms with van der Waals surface area (Å²) in [4.78, 5) is 14.7. The van der Waals surface area contributed by atoms with Crippen LogP contribution in [0.1, 0.15) is 4.88 Å². The number of pyridine rings is 1. The molecule has 3 aromatic heterocycles. The molecule has 3 nitrogen and oxygen atoms in total. The average Bonchev–Trinajstić information content (AvgIpc) is 2.66. The molecule has 0 saturated heterocycles. The Balaban J connectivity index is 2.28. The van der Waals surface area contributed by atoms with E-state index in [2.05, 4.69) is 15.0 Å². The molecule has 6 heteroatoms. The molecule has 0 aromatic carbocycles. The lowest BCUT2D eigenvalue weighted by Gasteiger charge is -2.00. The van der Waals surface area contributed by atoms with Gasteiger partial charge in [-0.1, -0.05) is 29.3 Å². The van der Waals surface area contributed by atoms with Crippen LogP contribution in [0.4, 0.5) is 0 Å². The highest BCUT2D eigenvalue weighted by Gasteiger charge is 2.15. The zero-order valence-corrected chi connectivity index (χ0v) is 11.6. The molecule has 0 bridgehead atoms. The summed E-state index contributed by atoms with van der Waals surface area (Å²) >= 11 is 13.9. The summed E-state index contributed by atoms with van der Waals surface area (Å²) in [5, 5.41) is 1.73. The first-order valence-corrected chi connectivity index (χ1v) is 6.77. The second-order valence-corrected chi connectivity index (χ2v) is 5.64. The van der Waals surface area contributed by atoms with Crippen LogP contribution in [0.5, 0.6) is 0 Å². The number of aryl methyl sites for hydroxylation is 1. The quantitative estimate of drug-likeness (QED) is 0.626. The van der Waals surface area contributed by atoms with E-state index in [1.54, 1.807) is 6.20 Å². The Morgan fingerprint density at radius 3 is 2.72 bits per heavy atom. The maximum Gasteiger partial charge on any atom is 0.180 e. The van der Waals surface area contributed by atoms with E-state index < -0.39 is 0 Å². The van der Waals surface area contributed by atoms with E-state index in [1.807, 2.05) is 25.1 Å². The molecular weight excluding hydrogens is 289 g/mol. The molecule has 0 spiro atoms. The SMILES string of the molecule is Cc1sc2nc(-c3ccccn3)nc(Cl)c2c1Cl. The van der Waals surface area contributed by atoms with Gasteiger partial charge in [-0.15, -0.1) is 11.3 Å². The molecule has 18 heavy (non-hydrogen) atoms. The summed E-state index contributed by atoms with van der Waals surface area (Å²) < 4.78 is 0. The van der Waals surface area contributed by atoms with Gasteiger partial charge in [0.05, 0.1) is 10.4 Å². The fraction of sp³-hybridized carbons (Fsp3) is 0.0833. The molecule has 3 heterocycles. The molecule has 90 valence electrons. The molecular formula is C12H7Cl2N3S. The number of halogens is 2. The first kappa shape index (κ1) is 11.8. The molecule has 0 aliphatic carbocycles. The molecule has 0 fully saturated rings. The van der Waals surface area contributed by atoms with Gasteiger partial charge in [0.2, 0.25) is 0 Å². The van der Waals surface area contributed by atoms with Crippen molar-refractivity contribution in [2.45, 2.75) is 6.92 Å². The first-order valence-electron chi connectivity index (χ1n) is 5.20. The summed E-state index contributed by atoms with van der Waals surface area (Å²) in [6.07, 6.45) is 1.70. The van der Waals surface area contributed by atoms with Gasteiger partial charge < -0.3 is 0 Å². The third kappa shape index (κ3) is 1.86. The summed E-state index contributed by atoms with van der Waals surface area (Å²) in [6, 6.07) is 5.58. The molecule has 0 atom stereocenters. The predicted molar refractivity (Wildman–Crippen MR) is 75.4 cm³/mol. The van der Waals surface area contributed by atoms with Crippen molar-refractivity contribution in [3.05, 3.63) is 39.4 Å². The molecule has 3 aromatic rings. The van der Waals surface area contributed by atoms with Crippen LogP contribution in [0.3, 0.4) is 0 Å². The average molecular weight is 296 g/mol. The van der Waals surface area contributed by atoms with Crippen molar-refractivity contribution in [1.29, 1.82) is 0 Å². The maximum absolute atomic E-state index is 6.18. The van der Waals surface area contributed by atoms with Crippen molar-refractivity contribution in [3.8, 4) is 11.5 Å². The normalized spacial score (nSPS) is 11.1. The Kier molecular flexibility index (Phi) is 2.93. The van der Waals surface area contributed by atoms with Gasteiger partial charge in [-0.3, -0.25) is 4.98 Å². The Hall–Kier alpha value is -1.23. The highest BCUT2D eigenvalue weighted by molar-refractivity contribution is 7.19. The van der Waals surface area contributed by atoms with E-state index in [0.717, 1.165) is 15.1 Å². The Labute approximate surface area is 117 Å². The minimum absolute atomic E-state index is 0.370. The number of nitrogens with zero attached hydrogens (tertiary/aromatic N) is 3. The molecule has 0 unspecified atom stereocenters. The summed E-state index contributed by atoms with van der Waals surface area (Å²) in [6.45, 7) is 1.94. The Bertz CT molecular complexity index is 725. The van der Waals surface area contributed by atoms with Gasteiger partial charge in [0.1, 0.15) is 15.7 Å². The van der Waals surface area contributed by atoms with Gasteiger partial charge in [0, 0.05) is 11.1 Å². The second-order valence-electron chi connectivity index (χ2n) is 3.71. The second kappa shape index (κ2) is 4.46. The summed E-state index contributed by atoms with van der Waals surface area (Å²) in [5.41, 5.74) is 0.698. The van der Waals surface area contributed by atoms with Crippen LogP contribution >= 0.6 is 34.5 Å². The van der Waals surface area contributed by atoms with E-state index in [9.17, 15) is 0 Å². The van der Waals surface area contributed by atoms with Gasteiger partial charge in [-0.05, 0) is 19.1 Å². The van der Waals surface area contributed by atoms with Crippen LogP contribution < -0.4 is 0 Å². The van der Waals surface area contributed by atoms with Crippen LogP contribution in [0.15, 0.2) is 24.4 Å². The number of thiophene rings is 1. The molecule has 3 rings (SSSR count). The van der Waals surface area contributed by atoms with Crippen molar-refractivity contribution in [2.24, 2.45) is 0 Å². The molecule has 0 aliphatic rings. The Morgan fingerprint density at radius 1 is 1.17 bits per heavy atom. The zero-order chi connectivity index (χ0) is 12.7. The first-order chi connectivity index (χ1) is 8.66. The minimum atomic E-state index is 0.370. The summed E-state index contributed by atoms with van der Waals surface area (Å²) in [7, 11) is 0. The van der Waals surface area contributed by atoms with E-state index >= 15 is 0 Å². The fourth-order valence-electron chi connectivity index (χ4n) is 1.65. The van der Waals surface area contributed by atoms with E-state index in [1.165, 1.54) is 11.3 Å². The van der Waals surface area contributed by atoms with Gasteiger partial charge in [0.15, 0.2) is 5.82 Å². The number of hydrogen-bond acceptors (Lipinski definition) is 4. The fourth-order valence-corrected chi connectivity index (χ4v) is 3.28.